The van der Waals surface area contributed by atoms with Crippen molar-refractivity contribution in [2.24, 2.45) is 4.99 Å². The van der Waals surface area contributed by atoms with Crippen LogP contribution < -0.4 is 10.6 Å². The fraction of sp³-hybridized carbons (Fsp3) is 0.917. The zero-order valence-electron chi connectivity index (χ0n) is 12.5. The Morgan fingerprint density at radius 3 is 2.39 bits per heavy atom. The van der Waals surface area contributed by atoms with Crippen LogP contribution in [0.25, 0.3) is 0 Å². The molecule has 5 nitrogen and oxygen atoms in total. The summed E-state index contributed by atoms with van der Waals surface area (Å²) in [5.74, 6) is 0.819. The monoisotopic (exact) mass is 372 g/mol. The molecule has 0 saturated heterocycles. The summed E-state index contributed by atoms with van der Waals surface area (Å²) in [6, 6.07) is 0. The molecule has 0 saturated carbocycles. The second-order valence-corrected chi connectivity index (χ2v) is 4.71. The van der Waals surface area contributed by atoms with Gasteiger partial charge in [-0.2, -0.15) is 0 Å². The van der Waals surface area contributed by atoms with E-state index in [1.54, 1.807) is 14.2 Å². The van der Waals surface area contributed by atoms with E-state index in [4.69, 9.17) is 4.74 Å². The van der Waals surface area contributed by atoms with E-state index in [9.17, 15) is 0 Å². The predicted molar refractivity (Wildman–Crippen MR) is 89.0 cm³/mol. The number of nitrogens with one attached hydrogen (secondary N) is 2. The summed E-state index contributed by atoms with van der Waals surface area (Å²) in [6.07, 6.45) is 0. The first-order chi connectivity index (χ1) is 7.95. The normalized spacial score (nSPS) is 12.3. The van der Waals surface area contributed by atoms with Crippen molar-refractivity contribution < 1.29 is 4.74 Å². The molecule has 0 spiro atoms. The van der Waals surface area contributed by atoms with E-state index in [1.807, 2.05) is 13.8 Å². The first-order valence-corrected chi connectivity index (χ1v) is 6.13. The van der Waals surface area contributed by atoms with Gasteiger partial charge in [0.1, 0.15) is 0 Å². The second kappa shape index (κ2) is 10.8. The first-order valence-electron chi connectivity index (χ1n) is 6.13. The molecule has 0 bridgehead atoms. The number of hydrogen-bond acceptors (Lipinski definition) is 3. The summed E-state index contributed by atoms with van der Waals surface area (Å²) in [6.45, 7) is 9.91. The molecule has 0 aliphatic heterocycles. The van der Waals surface area contributed by atoms with Crippen LogP contribution in [0.15, 0.2) is 4.99 Å². The average Bonchev–Trinajstić information content (AvgIpc) is 2.33. The Balaban J connectivity index is 0. The number of halogens is 1. The maximum absolute atomic E-state index is 5.34. The highest BCUT2D eigenvalue weighted by atomic mass is 127. The van der Waals surface area contributed by atoms with Gasteiger partial charge in [-0.1, -0.05) is 6.92 Å². The number of rotatable bonds is 7. The lowest BCUT2D eigenvalue weighted by Crippen LogP contribution is -2.46. The van der Waals surface area contributed by atoms with Crippen LogP contribution in [0.2, 0.25) is 0 Å². The highest BCUT2D eigenvalue weighted by molar-refractivity contribution is 14.0. The van der Waals surface area contributed by atoms with Crippen LogP contribution in [-0.4, -0.2) is 63.8 Å². The minimum absolute atomic E-state index is 0. The Hall–Kier alpha value is -0.0800. The molecular weight excluding hydrogens is 343 g/mol. The number of hydrogen-bond donors (Lipinski definition) is 2. The summed E-state index contributed by atoms with van der Waals surface area (Å²) in [5.41, 5.74) is -0.183. The standard InChI is InChI=1S/C12H28N4O.HI/c1-7-16(5)9-8-14-11(13-4)15-10-12(2,3)17-6;/h7-10H2,1-6H3,(H2,13,14,15);1H. The predicted octanol–water partition coefficient (Wildman–Crippen LogP) is 1.15. The van der Waals surface area contributed by atoms with Gasteiger partial charge in [0.05, 0.1) is 5.60 Å². The smallest absolute Gasteiger partial charge is 0.191 e. The van der Waals surface area contributed by atoms with E-state index >= 15 is 0 Å². The van der Waals surface area contributed by atoms with Crippen LogP contribution >= 0.6 is 24.0 Å². The van der Waals surface area contributed by atoms with E-state index in [-0.39, 0.29) is 29.6 Å². The molecule has 0 aromatic rings. The molecule has 0 aromatic carbocycles. The van der Waals surface area contributed by atoms with Gasteiger partial charge in [-0.05, 0) is 27.4 Å². The number of ether oxygens (including phenoxy) is 1. The van der Waals surface area contributed by atoms with Gasteiger partial charge in [0, 0.05) is 33.8 Å². The zero-order valence-corrected chi connectivity index (χ0v) is 14.9. The highest BCUT2D eigenvalue weighted by Crippen LogP contribution is 2.04. The van der Waals surface area contributed by atoms with Crippen molar-refractivity contribution in [2.75, 3.05) is 47.4 Å². The fourth-order valence-corrected chi connectivity index (χ4v) is 1.11. The molecule has 0 heterocycles. The molecule has 0 atom stereocenters. The third kappa shape index (κ3) is 9.90. The molecule has 0 aliphatic carbocycles. The number of methoxy groups -OCH3 is 1. The van der Waals surface area contributed by atoms with E-state index in [1.165, 1.54) is 0 Å². The Kier molecular flexibility index (Phi) is 12.2. The lowest BCUT2D eigenvalue weighted by molar-refractivity contribution is 0.0268. The molecule has 0 unspecified atom stereocenters. The summed E-state index contributed by atoms with van der Waals surface area (Å²) >= 11 is 0. The Labute approximate surface area is 129 Å². The van der Waals surface area contributed by atoms with Crippen molar-refractivity contribution in [1.82, 2.24) is 15.5 Å². The molecule has 0 radical (unpaired) electrons. The Bertz CT molecular complexity index is 234. The van der Waals surface area contributed by atoms with Crippen LogP contribution in [0.4, 0.5) is 0 Å². The van der Waals surface area contributed by atoms with Gasteiger partial charge < -0.3 is 20.3 Å². The van der Waals surface area contributed by atoms with Gasteiger partial charge in [-0.3, -0.25) is 4.99 Å². The molecular formula is C12H29IN4O. The van der Waals surface area contributed by atoms with Crippen molar-refractivity contribution in [3.8, 4) is 0 Å². The zero-order chi connectivity index (χ0) is 13.3. The average molecular weight is 372 g/mol. The quantitative estimate of drug-likeness (QED) is 0.400. The molecule has 2 N–H and O–H groups in total. The van der Waals surface area contributed by atoms with Crippen molar-refractivity contribution in [3.05, 3.63) is 0 Å². The van der Waals surface area contributed by atoms with Gasteiger partial charge in [-0.25, -0.2) is 0 Å². The van der Waals surface area contributed by atoms with E-state index in [0.717, 1.165) is 32.1 Å². The van der Waals surface area contributed by atoms with Crippen LogP contribution in [0.3, 0.4) is 0 Å². The van der Waals surface area contributed by atoms with E-state index in [2.05, 4.69) is 34.5 Å². The molecule has 0 aromatic heterocycles. The van der Waals surface area contributed by atoms with Gasteiger partial charge in [0.15, 0.2) is 5.96 Å². The minimum Gasteiger partial charge on any atom is -0.377 e. The van der Waals surface area contributed by atoms with Gasteiger partial charge in [0.25, 0.3) is 0 Å². The van der Waals surface area contributed by atoms with Gasteiger partial charge in [-0.15, -0.1) is 24.0 Å². The summed E-state index contributed by atoms with van der Waals surface area (Å²) in [5, 5.41) is 6.52. The van der Waals surface area contributed by atoms with E-state index < -0.39 is 0 Å². The maximum Gasteiger partial charge on any atom is 0.191 e. The summed E-state index contributed by atoms with van der Waals surface area (Å²) in [7, 11) is 5.60. The number of aliphatic imine (C=N–C) groups is 1. The SMILES string of the molecule is CCN(C)CCNC(=NC)NCC(C)(C)OC.I. The molecule has 18 heavy (non-hydrogen) atoms. The van der Waals surface area contributed by atoms with Crippen LogP contribution in [0, 0.1) is 0 Å². The van der Waals surface area contributed by atoms with Crippen molar-refractivity contribution in [1.29, 1.82) is 0 Å². The minimum atomic E-state index is -0.183. The largest absolute Gasteiger partial charge is 0.377 e. The van der Waals surface area contributed by atoms with Crippen LogP contribution in [0.1, 0.15) is 20.8 Å². The van der Waals surface area contributed by atoms with E-state index in [0.29, 0.717) is 0 Å². The number of nitrogens with zero attached hydrogens (tertiary/aromatic N) is 2. The molecule has 0 amide bonds. The fourth-order valence-electron chi connectivity index (χ4n) is 1.11. The topological polar surface area (TPSA) is 48.9 Å². The first kappa shape index (κ1) is 20.2. The second-order valence-electron chi connectivity index (χ2n) is 4.71. The van der Waals surface area contributed by atoms with Crippen molar-refractivity contribution in [2.45, 2.75) is 26.4 Å². The highest BCUT2D eigenvalue weighted by Gasteiger charge is 2.16. The molecule has 0 fully saturated rings. The van der Waals surface area contributed by atoms with Crippen molar-refractivity contribution in [3.63, 3.8) is 0 Å². The van der Waals surface area contributed by atoms with Gasteiger partial charge >= 0.3 is 0 Å². The summed E-state index contributed by atoms with van der Waals surface area (Å²) in [4.78, 5) is 6.42. The van der Waals surface area contributed by atoms with Crippen LogP contribution in [-0.2, 0) is 4.74 Å². The molecule has 0 aliphatic rings. The lowest BCUT2D eigenvalue weighted by atomic mass is 10.1. The number of likely N-dealkylation sites (N-methyl/N-ethyl adjacent to an activating group) is 1. The molecule has 6 heteroatoms. The van der Waals surface area contributed by atoms with Crippen molar-refractivity contribution >= 4 is 29.9 Å². The van der Waals surface area contributed by atoms with Crippen LogP contribution in [0.5, 0.6) is 0 Å². The Morgan fingerprint density at radius 1 is 1.33 bits per heavy atom. The van der Waals surface area contributed by atoms with Gasteiger partial charge in [0.2, 0.25) is 0 Å². The maximum atomic E-state index is 5.34. The lowest BCUT2D eigenvalue weighted by Gasteiger charge is -2.24. The molecule has 110 valence electrons. The third-order valence-corrected chi connectivity index (χ3v) is 2.78. The molecule has 0 rings (SSSR count). The Morgan fingerprint density at radius 2 is 1.94 bits per heavy atom. The number of guanidine groups is 1. The third-order valence-electron chi connectivity index (χ3n) is 2.78. The summed E-state index contributed by atoms with van der Waals surface area (Å²) < 4.78 is 5.34.